The molecule has 1 atom stereocenters. The number of hydrogen-bond acceptors (Lipinski definition) is 5. The van der Waals surface area contributed by atoms with Gasteiger partial charge in [0.1, 0.15) is 6.61 Å². The van der Waals surface area contributed by atoms with E-state index in [4.69, 9.17) is 9.47 Å². The minimum absolute atomic E-state index is 0.184. The fourth-order valence-corrected chi connectivity index (χ4v) is 3.85. The fraction of sp³-hybridized carbons (Fsp3) is 0.273. The van der Waals surface area contributed by atoms with Gasteiger partial charge in [-0.15, -0.1) is 11.3 Å². The monoisotopic (exact) mass is 394 g/mol. The van der Waals surface area contributed by atoms with E-state index >= 15 is 0 Å². The molecule has 0 bridgehead atoms. The van der Waals surface area contributed by atoms with Gasteiger partial charge in [0.05, 0.1) is 0 Å². The number of para-hydroxylation sites is 2. The SMILES string of the molecule is CC(C)c1ccc(Cc2cnc(NC(=O)C3COc4ccccc4O3)s2)cc1. The molecule has 2 aromatic carbocycles. The van der Waals surface area contributed by atoms with Crippen LogP contribution in [0.1, 0.15) is 35.8 Å². The molecule has 1 N–H and O–H groups in total. The number of nitrogens with one attached hydrogen (secondary N) is 1. The second-order valence-corrected chi connectivity index (χ2v) is 8.17. The van der Waals surface area contributed by atoms with Crippen LogP contribution < -0.4 is 14.8 Å². The third kappa shape index (κ3) is 4.17. The summed E-state index contributed by atoms with van der Waals surface area (Å²) in [6, 6.07) is 16.0. The molecule has 0 radical (unpaired) electrons. The zero-order valence-electron chi connectivity index (χ0n) is 15.8. The number of fused-ring (bicyclic) bond motifs is 1. The molecule has 4 rings (SSSR count). The quantitative estimate of drug-likeness (QED) is 0.685. The minimum atomic E-state index is -0.689. The van der Waals surface area contributed by atoms with Crippen LogP contribution in [0.15, 0.2) is 54.7 Å². The number of anilines is 1. The van der Waals surface area contributed by atoms with Crippen molar-refractivity contribution in [1.82, 2.24) is 4.98 Å². The predicted octanol–water partition coefficient (Wildman–Crippen LogP) is 4.64. The van der Waals surface area contributed by atoms with E-state index in [0.717, 1.165) is 11.3 Å². The van der Waals surface area contributed by atoms with E-state index < -0.39 is 6.10 Å². The molecule has 144 valence electrons. The molecule has 0 fully saturated rings. The van der Waals surface area contributed by atoms with Crippen LogP contribution in [0.4, 0.5) is 5.13 Å². The average Bonchev–Trinajstić information content (AvgIpc) is 3.14. The van der Waals surface area contributed by atoms with E-state index in [1.54, 1.807) is 6.07 Å². The van der Waals surface area contributed by atoms with Crippen LogP contribution in [0.3, 0.4) is 0 Å². The van der Waals surface area contributed by atoms with Crippen molar-refractivity contribution in [3.05, 3.63) is 70.7 Å². The topological polar surface area (TPSA) is 60.5 Å². The Bertz CT molecular complexity index is 966. The van der Waals surface area contributed by atoms with E-state index in [2.05, 4.69) is 48.4 Å². The summed E-state index contributed by atoms with van der Waals surface area (Å²) in [4.78, 5) is 17.9. The van der Waals surface area contributed by atoms with Crippen molar-refractivity contribution in [2.75, 3.05) is 11.9 Å². The maximum atomic E-state index is 12.5. The number of amides is 1. The van der Waals surface area contributed by atoms with Crippen LogP contribution in [0, 0.1) is 0 Å². The Morgan fingerprint density at radius 3 is 2.68 bits per heavy atom. The van der Waals surface area contributed by atoms with Gasteiger partial charge in [-0.3, -0.25) is 10.1 Å². The Labute approximate surface area is 168 Å². The van der Waals surface area contributed by atoms with Gasteiger partial charge in [-0.2, -0.15) is 0 Å². The lowest BCUT2D eigenvalue weighted by atomic mass is 10.0. The third-order valence-corrected chi connectivity index (χ3v) is 5.52. The lowest BCUT2D eigenvalue weighted by Crippen LogP contribution is -2.40. The minimum Gasteiger partial charge on any atom is -0.485 e. The van der Waals surface area contributed by atoms with Crippen molar-refractivity contribution in [1.29, 1.82) is 0 Å². The smallest absolute Gasteiger partial charge is 0.270 e. The molecule has 28 heavy (non-hydrogen) atoms. The lowest BCUT2D eigenvalue weighted by molar-refractivity contribution is -0.125. The standard InChI is InChI=1S/C22H22N2O3S/c1-14(2)16-9-7-15(8-10-16)11-17-12-23-22(28-17)24-21(25)20-13-26-18-5-3-4-6-19(18)27-20/h3-10,12,14,20H,11,13H2,1-2H3,(H,23,24,25). The van der Waals surface area contributed by atoms with Crippen molar-refractivity contribution in [3.63, 3.8) is 0 Å². The summed E-state index contributed by atoms with van der Waals surface area (Å²) < 4.78 is 11.3. The van der Waals surface area contributed by atoms with Gasteiger partial charge >= 0.3 is 0 Å². The normalized spacial score (nSPS) is 15.5. The first-order valence-corrected chi connectivity index (χ1v) is 10.1. The Morgan fingerprint density at radius 1 is 1.18 bits per heavy atom. The fourth-order valence-electron chi connectivity index (χ4n) is 3.00. The van der Waals surface area contributed by atoms with Crippen molar-refractivity contribution in [3.8, 4) is 11.5 Å². The van der Waals surface area contributed by atoms with Gasteiger partial charge in [-0.25, -0.2) is 4.98 Å². The molecule has 2 heterocycles. The zero-order valence-corrected chi connectivity index (χ0v) is 16.7. The molecule has 1 unspecified atom stereocenters. The zero-order chi connectivity index (χ0) is 19.5. The Hall–Kier alpha value is -2.86. The molecular formula is C22H22N2O3S. The maximum Gasteiger partial charge on any atom is 0.270 e. The highest BCUT2D eigenvalue weighted by molar-refractivity contribution is 7.15. The molecule has 0 saturated carbocycles. The molecule has 1 amide bonds. The number of hydrogen-bond donors (Lipinski definition) is 1. The number of rotatable bonds is 5. The number of ether oxygens (including phenoxy) is 2. The molecule has 3 aromatic rings. The van der Waals surface area contributed by atoms with Crippen molar-refractivity contribution in [2.24, 2.45) is 0 Å². The summed E-state index contributed by atoms with van der Waals surface area (Å²) >= 11 is 1.48. The largest absolute Gasteiger partial charge is 0.485 e. The Morgan fingerprint density at radius 2 is 1.93 bits per heavy atom. The molecule has 0 spiro atoms. The van der Waals surface area contributed by atoms with Crippen LogP contribution in [0.5, 0.6) is 11.5 Å². The van der Waals surface area contributed by atoms with Crippen molar-refractivity contribution in [2.45, 2.75) is 32.3 Å². The summed E-state index contributed by atoms with van der Waals surface area (Å²) in [5.41, 5.74) is 2.56. The van der Waals surface area contributed by atoms with Crippen LogP contribution in [-0.4, -0.2) is 23.6 Å². The van der Waals surface area contributed by atoms with E-state index in [0.29, 0.717) is 22.5 Å². The van der Waals surface area contributed by atoms with Gasteiger partial charge in [0.25, 0.3) is 5.91 Å². The van der Waals surface area contributed by atoms with Crippen LogP contribution >= 0.6 is 11.3 Å². The molecule has 1 aromatic heterocycles. The molecule has 0 aliphatic carbocycles. The van der Waals surface area contributed by atoms with Gasteiger partial charge in [-0.05, 0) is 29.2 Å². The van der Waals surface area contributed by atoms with Crippen molar-refractivity contribution >= 4 is 22.4 Å². The molecule has 1 aliphatic heterocycles. The summed E-state index contributed by atoms with van der Waals surface area (Å²) in [5.74, 6) is 1.51. The molecular weight excluding hydrogens is 372 g/mol. The highest BCUT2D eigenvalue weighted by Crippen LogP contribution is 2.31. The Kier molecular flexibility index (Phi) is 5.30. The van der Waals surface area contributed by atoms with Gasteiger partial charge in [0, 0.05) is 17.5 Å². The van der Waals surface area contributed by atoms with E-state index in [-0.39, 0.29) is 12.5 Å². The molecule has 5 nitrogen and oxygen atoms in total. The van der Waals surface area contributed by atoms with E-state index in [1.807, 2.05) is 24.4 Å². The van der Waals surface area contributed by atoms with Crippen LogP contribution in [0.2, 0.25) is 0 Å². The Balaban J connectivity index is 1.36. The number of carbonyl (C=O) groups excluding carboxylic acids is 1. The van der Waals surface area contributed by atoms with Gasteiger partial charge in [-0.1, -0.05) is 50.2 Å². The van der Waals surface area contributed by atoms with Gasteiger partial charge in [0.2, 0.25) is 6.10 Å². The second kappa shape index (κ2) is 8.02. The maximum absolute atomic E-state index is 12.5. The summed E-state index contributed by atoms with van der Waals surface area (Å²) in [5, 5.41) is 3.41. The summed E-state index contributed by atoms with van der Waals surface area (Å²) in [7, 11) is 0. The third-order valence-electron chi connectivity index (χ3n) is 4.61. The summed E-state index contributed by atoms with van der Waals surface area (Å²) in [6.07, 6.45) is 1.91. The first-order valence-electron chi connectivity index (χ1n) is 9.31. The lowest BCUT2D eigenvalue weighted by Gasteiger charge is -2.25. The predicted molar refractivity (Wildman–Crippen MR) is 110 cm³/mol. The number of nitrogens with zero attached hydrogens (tertiary/aromatic N) is 1. The van der Waals surface area contributed by atoms with Gasteiger partial charge in [0.15, 0.2) is 16.6 Å². The number of aromatic nitrogens is 1. The molecule has 0 saturated heterocycles. The first kappa shape index (κ1) is 18.5. The van der Waals surface area contributed by atoms with Crippen LogP contribution in [0.25, 0.3) is 0 Å². The number of carbonyl (C=O) groups is 1. The van der Waals surface area contributed by atoms with Crippen LogP contribution in [-0.2, 0) is 11.2 Å². The first-order chi connectivity index (χ1) is 13.6. The molecule has 1 aliphatic rings. The highest BCUT2D eigenvalue weighted by atomic mass is 32.1. The van der Waals surface area contributed by atoms with E-state index in [1.165, 1.54) is 22.5 Å². The summed E-state index contributed by atoms with van der Waals surface area (Å²) in [6.45, 7) is 4.56. The van der Waals surface area contributed by atoms with E-state index in [9.17, 15) is 4.79 Å². The number of thiazole rings is 1. The highest BCUT2D eigenvalue weighted by Gasteiger charge is 2.27. The second-order valence-electron chi connectivity index (χ2n) is 7.06. The number of benzene rings is 2. The van der Waals surface area contributed by atoms with Crippen molar-refractivity contribution < 1.29 is 14.3 Å². The molecule has 6 heteroatoms. The van der Waals surface area contributed by atoms with Gasteiger partial charge < -0.3 is 9.47 Å². The average molecular weight is 394 g/mol.